The molecule has 5 nitrogen and oxygen atoms in total. The van der Waals surface area contributed by atoms with E-state index in [1.54, 1.807) is 7.11 Å². The molecule has 4 rings (SSSR count). The molecular weight excluding hydrogens is 302 g/mol. The van der Waals surface area contributed by atoms with Gasteiger partial charge in [-0.05, 0) is 37.7 Å². The van der Waals surface area contributed by atoms with E-state index in [1.807, 2.05) is 25.2 Å². The number of benzene rings is 1. The molecule has 3 aliphatic rings. The van der Waals surface area contributed by atoms with Gasteiger partial charge in [0.15, 0.2) is 11.5 Å². The van der Waals surface area contributed by atoms with Crippen LogP contribution in [0.4, 0.5) is 0 Å². The third-order valence-electron chi connectivity index (χ3n) is 5.37. The molecule has 0 fully saturated rings. The molecule has 0 radical (unpaired) electrons. The molecule has 0 N–H and O–H groups in total. The van der Waals surface area contributed by atoms with E-state index in [4.69, 9.17) is 9.47 Å². The third kappa shape index (κ3) is 2.22. The molecule has 0 bridgehead atoms. The van der Waals surface area contributed by atoms with Crippen LogP contribution < -0.4 is 9.47 Å². The summed E-state index contributed by atoms with van der Waals surface area (Å²) in [6, 6.07) is 4.24. The summed E-state index contributed by atoms with van der Waals surface area (Å²) in [5.74, 6) is 1.78. The molecule has 2 heterocycles. The Kier molecular flexibility index (Phi) is 3.57. The first-order valence-electron chi connectivity index (χ1n) is 8.53. The van der Waals surface area contributed by atoms with E-state index < -0.39 is 0 Å². The summed E-state index contributed by atoms with van der Waals surface area (Å²) >= 11 is 0. The molecule has 24 heavy (non-hydrogen) atoms. The van der Waals surface area contributed by atoms with Crippen LogP contribution in [-0.4, -0.2) is 56.5 Å². The molecule has 0 amide bonds. The van der Waals surface area contributed by atoms with Gasteiger partial charge in [-0.25, -0.2) is 0 Å². The van der Waals surface area contributed by atoms with Crippen LogP contribution in [0.25, 0.3) is 0 Å². The van der Waals surface area contributed by atoms with Gasteiger partial charge in [0, 0.05) is 32.6 Å². The highest BCUT2D eigenvalue weighted by Crippen LogP contribution is 2.55. The van der Waals surface area contributed by atoms with Gasteiger partial charge in [-0.15, -0.1) is 0 Å². The minimum atomic E-state index is -0.0602. The van der Waals surface area contributed by atoms with Gasteiger partial charge in [0.05, 0.1) is 18.2 Å². The largest absolute Gasteiger partial charge is 0.493 e. The van der Waals surface area contributed by atoms with Crippen molar-refractivity contribution in [2.75, 3.05) is 34.8 Å². The second-order valence-electron chi connectivity index (χ2n) is 7.24. The number of nitrogens with zero attached hydrogens (tertiary/aromatic N) is 3. The maximum atomic E-state index is 6.46. The van der Waals surface area contributed by atoms with Gasteiger partial charge in [-0.3, -0.25) is 0 Å². The molecule has 1 aromatic carbocycles. The highest BCUT2D eigenvalue weighted by atomic mass is 16.5. The van der Waals surface area contributed by atoms with E-state index in [0.717, 1.165) is 43.1 Å². The topological polar surface area (TPSA) is 37.3 Å². The van der Waals surface area contributed by atoms with E-state index in [1.165, 1.54) is 11.1 Å². The lowest BCUT2D eigenvalue weighted by molar-refractivity contribution is 0.157. The standard InChI is InChI=1S/C19H25N3O2/c1-21(2)20-14-7-8-19-9-10-22(3)12-13-5-6-15(23-4)18(17(13)19)24-16(19)11-14/h5-8,16H,9-12H2,1-4H3/b20-14+. The average molecular weight is 327 g/mol. The Bertz CT molecular complexity index is 726. The molecule has 0 saturated heterocycles. The summed E-state index contributed by atoms with van der Waals surface area (Å²) < 4.78 is 12.0. The van der Waals surface area contributed by atoms with Crippen molar-refractivity contribution in [1.82, 2.24) is 9.91 Å². The van der Waals surface area contributed by atoms with Gasteiger partial charge in [0.2, 0.25) is 0 Å². The Morgan fingerprint density at radius 3 is 2.96 bits per heavy atom. The summed E-state index contributed by atoms with van der Waals surface area (Å²) in [4.78, 5) is 2.39. The van der Waals surface area contributed by atoms with Crippen molar-refractivity contribution in [3.05, 3.63) is 35.4 Å². The van der Waals surface area contributed by atoms with Gasteiger partial charge >= 0.3 is 0 Å². The Morgan fingerprint density at radius 2 is 2.21 bits per heavy atom. The smallest absolute Gasteiger partial charge is 0.166 e. The van der Waals surface area contributed by atoms with E-state index in [2.05, 4.69) is 35.3 Å². The molecule has 1 spiro atoms. The van der Waals surface area contributed by atoms with Crippen LogP contribution in [0.2, 0.25) is 0 Å². The summed E-state index contributed by atoms with van der Waals surface area (Å²) in [7, 11) is 7.82. The van der Waals surface area contributed by atoms with E-state index in [-0.39, 0.29) is 11.5 Å². The fourth-order valence-corrected chi connectivity index (χ4v) is 4.30. The molecule has 2 aliphatic heterocycles. The van der Waals surface area contributed by atoms with Gasteiger partial charge in [0.25, 0.3) is 0 Å². The van der Waals surface area contributed by atoms with Crippen molar-refractivity contribution in [1.29, 1.82) is 0 Å². The van der Waals surface area contributed by atoms with Gasteiger partial charge in [0.1, 0.15) is 6.10 Å². The van der Waals surface area contributed by atoms with Crippen molar-refractivity contribution in [3.63, 3.8) is 0 Å². The molecule has 2 atom stereocenters. The van der Waals surface area contributed by atoms with Crippen LogP contribution in [0, 0.1) is 0 Å². The Hall–Kier alpha value is -2.01. The van der Waals surface area contributed by atoms with Gasteiger partial charge in [-0.1, -0.05) is 12.1 Å². The van der Waals surface area contributed by atoms with E-state index in [0.29, 0.717) is 0 Å². The minimum absolute atomic E-state index is 0.0602. The number of hydrogen-bond acceptors (Lipinski definition) is 5. The fraction of sp³-hybridized carbons (Fsp3) is 0.526. The first-order chi connectivity index (χ1) is 11.5. The molecule has 1 aliphatic carbocycles. The summed E-state index contributed by atoms with van der Waals surface area (Å²) in [6.45, 7) is 2.01. The normalized spacial score (nSPS) is 29.7. The summed E-state index contributed by atoms with van der Waals surface area (Å²) in [5, 5.41) is 6.44. The average Bonchev–Trinajstić information content (AvgIpc) is 2.80. The van der Waals surface area contributed by atoms with Crippen LogP contribution in [0.15, 0.2) is 29.4 Å². The van der Waals surface area contributed by atoms with Crippen molar-refractivity contribution < 1.29 is 9.47 Å². The molecule has 0 aromatic heterocycles. The maximum Gasteiger partial charge on any atom is 0.166 e. The highest BCUT2D eigenvalue weighted by Gasteiger charge is 2.52. The van der Waals surface area contributed by atoms with Crippen molar-refractivity contribution in [2.24, 2.45) is 5.10 Å². The van der Waals surface area contributed by atoms with Crippen LogP contribution in [0.5, 0.6) is 11.5 Å². The van der Waals surface area contributed by atoms with Crippen LogP contribution in [-0.2, 0) is 12.0 Å². The van der Waals surface area contributed by atoms with Gasteiger partial charge in [-0.2, -0.15) is 5.10 Å². The number of hydrazone groups is 1. The Labute approximate surface area is 143 Å². The zero-order valence-corrected chi connectivity index (χ0v) is 14.9. The molecule has 1 aromatic rings. The lowest BCUT2D eigenvalue weighted by Crippen LogP contribution is -2.42. The minimum Gasteiger partial charge on any atom is -0.493 e. The van der Waals surface area contributed by atoms with Crippen LogP contribution in [0.3, 0.4) is 0 Å². The highest BCUT2D eigenvalue weighted by molar-refractivity contribution is 5.97. The number of rotatable bonds is 2. The Morgan fingerprint density at radius 1 is 1.38 bits per heavy atom. The fourth-order valence-electron chi connectivity index (χ4n) is 4.30. The second kappa shape index (κ2) is 5.52. The van der Waals surface area contributed by atoms with E-state index >= 15 is 0 Å². The first-order valence-corrected chi connectivity index (χ1v) is 8.53. The predicted molar refractivity (Wildman–Crippen MR) is 94.9 cm³/mol. The third-order valence-corrected chi connectivity index (χ3v) is 5.37. The summed E-state index contributed by atoms with van der Waals surface area (Å²) in [5.41, 5.74) is 3.69. The predicted octanol–water partition coefficient (Wildman–Crippen LogP) is 2.41. The lowest BCUT2D eigenvalue weighted by Gasteiger charge is -2.34. The first kappa shape index (κ1) is 15.5. The molecular formula is C19H25N3O2. The SMILES string of the molecule is COc1ccc2c3c1OC1C/C(=N/N(C)C)C=CC31CCN(C)C2. The van der Waals surface area contributed by atoms with Crippen LogP contribution >= 0.6 is 0 Å². The zero-order valence-electron chi connectivity index (χ0n) is 14.9. The molecule has 0 saturated carbocycles. The van der Waals surface area contributed by atoms with Crippen LogP contribution in [0.1, 0.15) is 24.0 Å². The molecule has 5 heteroatoms. The van der Waals surface area contributed by atoms with E-state index in [9.17, 15) is 0 Å². The lowest BCUT2D eigenvalue weighted by atomic mass is 9.69. The van der Waals surface area contributed by atoms with Crippen molar-refractivity contribution in [3.8, 4) is 11.5 Å². The number of methoxy groups -OCH3 is 1. The molecule has 2 unspecified atom stereocenters. The monoisotopic (exact) mass is 327 g/mol. The second-order valence-corrected chi connectivity index (χ2v) is 7.24. The maximum absolute atomic E-state index is 6.46. The number of allylic oxidation sites excluding steroid dienone is 1. The van der Waals surface area contributed by atoms with Crippen molar-refractivity contribution in [2.45, 2.75) is 30.9 Å². The summed E-state index contributed by atoms with van der Waals surface area (Å²) in [6.07, 6.45) is 6.50. The van der Waals surface area contributed by atoms with Gasteiger partial charge < -0.3 is 19.4 Å². The Balaban J connectivity index is 1.87. The van der Waals surface area contributed by atoms with Crippen molar-refractivity contribution >= 4 is 5.71 Å². The quantitative estimate of drug-likeness (QED) is 0.782. The molecule has 128 valence electrons. The number of ether oxygens (including phenoxy) is 2. The zero-order chi connectivity index (χ0) is 16.9. The number of hydrogen-bond donors (Lipinski definition) is 0.